The van der Waals surface area contributed by atoms with E-state index in [0.717, 1.165) is 26.1 Å². The SMILES string of the molecule is CC(C)CC1CNCCN1C(N)=O.O=C(O)C(F)(F)F. The van der Waals surface area contributed by atoms with Crippen LogP contribution in [0, 0.1) is 5.92 Å². The van der Waals surface area contributed by atoms with Crippen LogP contribution in [0.1, 0.15) is 20.3 Å². The normalized spacial score (nSPS) is 19.3. The van der Waals surface area contributed by atoms with Gasteiger partial charge in [0, 0.05) is 25.7 Å². The molecule has 0 aliphatic carbocycles. The number of halogens is 3. The fourth-order valence-electron chi connectivity index (χ4n) is 1.81. The third-order valence-electron chi connectivity index (χ3n) is 2.62. The van der Waals surface area contributed by atoms with Crippen molar-refractivity contribution in [3.8, 4) is 0 Å². The number of hydrogen-bond donors (Lipinski definition) is 3. The fourth-order valence-corrected chi connectivity index (χ4v) is 1.81. The van der Waals surface area contributed by atoms with Crippen LogP contribution in [0.4, 0.5) is 18.0 Å². The number of amides is 2. The third kappa shape index (κ3) is 7.17. The summed E-state index contributed by atoms with van der Waals surface area (Å²) in [4.78, 5) is 21.7. The van der Waals surface area contributed by atoms with E-state index in [1.54, 1.807) is 4.90 Å². The van der Waals surface area contributed by atoms with Gasteiger partial charge in [-0.2, -0.15) is 13.2 Å². The minimum atomic E-state index is -5.08. The van der Waals surface area contributed by atoms with Gasteiger partial charge in [-0.1, -0.05) is 13.8 Å². The molecule has 1 unspecified atom stereocenters. The Morgan fingerprint density at radius 3 is 2.30 bits per heavy atom. The lowest BCUT2D eigenvalue weighted by atomic mass is 10.0. The maximum Gasteiger partial charge on any atom is 0.490 e. The Bertz CT molecular complexity index is 335. The number of nitrogens with one attached hydrogen (secondary N) is 1. The Kier molecular flexibility index (Phi) is 7.33. The number of urea groups is 1. The van der Waals surface area contributed by atoms with E-state index in [0.29, 0.717) is 5.92 Å². The van der Waals surface area contributed by atoms with Crippen molar-refractivity contribution in [3.05, 3.63) is 0 Å². The number of nitrogens with zero attached hydrogens (tertiary/aromatic N) is 1. The fraction of sp³-hybridized carbons (Fsp3) is 0.818. The molecule has 1 heterocycles. The monoisotopic (exact) mass is 299 g/mol. The highest BCUT2D eigenvalue weighted by atomic mass is 19.4. The van der Waals surface area contributed by atoms with Gasteiger partial charge in [0.2, 0.25) is 0 Å². The van der Waals surface area contributed by atoms with Crippen LogP contribution >= 0.6 is 0 Å². The van der Waals surface area contributed by atoms with E-state index in [1.807, 2.05) is 0 Å². The van der Waals surface area contributed by atoms with Crippen molar-refractivity contribution in [1.82, 2.24) is 10.2 Å². The average Bonchev–Trinajstić information content (AvgIpc) is 2.28. The molecule has 20 heavy (non-hydrogen) atoms. The zero-order chi connectivity index (χ0) is 15.9. The number of carboxylic acid groups (broad SMARTS) is 1. The van der Waals surface area contributed by atoms with Crippen molar-refractivity contribution < 1.29 is 27.9 Å². The first-order valence-corrected chi connectivity index (χ1v) is 6.12. The molecule has 0 aromatic heterocycles. The molecule has 1 atom stereocenters. The molecule has 0 saturated carbocycles. The molecule has 9 heteroatoms. The molecule has 1 rings (SSSR count). The number of carboxylic acids is 1. The molecular weight excluding hydrogens is 279 g/mol. The van der Waals surface area contributed by atoms with Crippen molar-refractivity contribution in [2.45, 2.75) is 32.5 Å². The molecular formula is C11H20F3N3O3. The summed E-state index contributed by atoms with van der Waals surface area (Å²) in [6.45, 7) is 6.80. The van der Waals surface area contributed by atoms with Crippen LogP contribution in [0.2, 0.25) is 0 Å². The van der Waals surface area contributed by atoms with Gasteiger partial charge < -0.3 is 21.1 Å². The maximum atomic E-state index is 11.1. The second-order valence-electron chi connectivity index (χ2n) is 4.82. The second kappa shape index (κ2) is 7.93. The number of aliphatic carboxylic acids is 1. The van der Waals surface area contributed by atoms with E-state index in [1.165, 1.54) is 0 Å². The van der Waals surface area contributed by atoms with Crippen molar-refractivity contribution in [1.29, 1.82) is 0 Å². The topological polar surface area (TPSA) is 95.7 Å². The third-order valence-corrected chi connectivity index (χ3v) is 2.62. The summed E-state index contributed by atoms with van der Waals surface area (Å²) in [6, 6.07) is -0.00148. The Morgan fingerprint density at radius 1 is 1.45 bits per heavy atom. The van der Waals surface area contributed by atoms with Crippen molar-refractivity contribution >= 4 is 12.0 Å². The minimum Gasteiger partial charge on any atom is -0.475 e. The lowest BCUT2D eigenvalue weighted by Gasteiger charge is -2.35. The highest BCUT2D eigenvalue weighted by Crippen LogP contribution is 2.13. The van der Waals surface area contributed by atoms with Crippen molar-refractivity contribution in [2.24, 2.45) is 11.7 Å². The lowest BCUT2D eigenvalue weighted by Crippen LogP contribution is -2.55. The maximum absolute atomic E-state index is 11.1. The predicted molar refractivity (Wildman–Crippen MR) is 66.1 cm³/mol. The van der Waals surface area contributed by atoms with Gasteiger partial charge >= 0.3 is 18.2 Å². The van der Waals surface area contributed by atoms with Gasteiger partial charge in [0.1, 0.15) is 0 Å². The number of nitrogens with two attached hydrogens (primary N) is 1. The van der Waals surface area contributed by atoms with E-state index in [-0.39, 0.29) is 12.1 Å². The largest absolute Gasteiger partial charge is 0.490 e. The molecule has 1 saturated heterocycles. The molecule has 0 radical (unpaired) electrons. The Morgan fingerprint density at radius 2 is 1.95 bits per heavy atom. The van der Waals surface area contributed by atoms with Crippen LogP contribution in [0.25, 0.3) is 0 Å². The molecule has 0 bridgehead atoms. The average molecular weight is 299 g/mol. The second-order valence-corrected chi connectivity index (χ2v) is 4.82. The van der Waals surface area contributed by atoms with Crippen LogP contribution in [0.15, 0.2) is 0 Å². The summed E-state index contributed by atoms with van der Waals surface area (Å²) in [5.41, 5.74) is 5.29. The molecule has 2 amide bonds. The van der Waals surface area contributed by atoms with Gasteiger partial charge in [-0.3, -0.25) is 0 Å². The molecule has 1 fully saturated rings. The highest BCUT2D eigenvalue weighted by molar-refractivity contribution is 5.73. The van der Waals surface area contributed by atoms with Crippen LogP contribution < -0.4 is 11.1 Å². The van der Waals surface area contributed by atoms with E-state index in [4.69, 9.17) is 15.6 Å². The summed E-state index contributed by atoms with van der Waals surface area (Å²) in [5.74, 6) is -2.15. The van der Waals surface area contributed by atoms with Gasteiger partial charge in [-0.05, 0) is 12.3 Å². The van der Waals surface area contributed by atoms with Crippen molar-refractivity contribution in [3.63, 3.8) is 0 Å². The summed E-state index contributed by atoms with van der Waals surface area (Å²) < 4.78 is 31.7. The number of primary amides is 1. The Labute approximate surface area is 115 Å². The van der Waals surface area contributed by atoms with Gasteiger partial charge in [0.05, 0.1) is 0 Å². The predicted octanol–water partition coefficient (Wildman–Crippen LogP) is 1.02. The standard InChI is InChI=1S/C9H19N3O.C2HF3O2/c1-7(2)5-8-6-11-3-4-12(8)9(10)13;3-2(4,5)1(6)7/h7-8,11H,3-6H2,1-2H3,(H2,10,13);(H,6,7). The zero-order valence-electron chi connectivity index (χ0n) is 11.4. The molecule has 1 aliphatic rings. The molecule has 0 spiro atoms. The summed E-state index contributed by atoms with van der Waals surface area (Å²) in [6.07, 6.45) is -4.06. The number of alkyl halides is 3. The van der Waals surface area contributed by atoms with Gasteiger partial charge in [0.15, 0.2) is 0 Å². The smallest absolute Gasteiger partial charge is 0.475 e. The summed E-state index contributed by atoms with van der Waals surface area (Å²) in [5, 5.41) is 10.4. The quantitative estimate of drug-likeness (QED) is 0.709. The number of carbonyl (C=O) groups is 2. The van der Waals surface area contributed by atoms with E-state index >= 15 is 0 Å². The van der Waals surface area contributed by atoms with Gasteiger partial charge in [-0.25, -0.2) is 9.59 Å². The van der Waals surface area contributed by atoms with E-state index in [9.17, 15) is 18.0 Å². The molecule has 0 aromatic rings. The van der Waals surface area contributed by atoms with E-state index < -0.39 is 12.1 Å². The van der Waals surface area contributed by atoms with Crippen LogP contribution in [-0.2, 0) is 4.79 Å². The number of piperazine rings is 1. The van der Waals surface area contributed by atoms with Crippen LogP contribution in [0.5, 0.6) is 0 Å². The van der Waals surface area contributed by atoms with Crippen LogP contribution in [-0.4, -0.2) is 53.9 Å². The Hall–Kier alpha value is -1.51. The molecule has 4 N–H and O–H groups in total. The van der Waals surface area contributed by atoms with Gasteiger partial charge in [0.25, 0.3) is 0 Å². The Balaban J connectivity index is 0.000000441. The van der Waals surface area contributed by atoms with E-state index in [2.05, 4.69) is 19.2 Å². The lowest BCUT2D eigenvalue weighted by molar-refractivity contribution is -0.192. The number of rotatable bonds is 2. The number of carbonyl (C=O) groups excluding carboxylic acids is 1. The first-order chi connectivity index (χ1) is 9.05. The summed E-state index contributed by atoms with van der Waals surface area (Å²) >= 11 is 0. The first kappa shape index (κ1) is 18.5. The van der Waals surface area contributed by atoms with Crippen molar-refractivity contribution in [2.75, 3.05) is 19.6 Å². The molecule has 0 aromatic carbocycles. The first-order valence-electron chi connectivity index (χ1n) is 6.12. The number of hydrogen-bond acceptors (Lipinski definition) is 3. The molecule has 6 nitrogen and oxygen atoms in total. The minimum absolute atomic E-state index is 0.284. The van der Waals surface area contributed by atoms with Crippen LogP contribution in [0.3, 0.4) is 0 Å². The highest BCUT2D eigenvalue weighted by Gasteiger charge is 2.38. The zero-order valence-corrected chi connectivity index (χ0v) is 11.4. The molecule has 1 aliphatic heterocycles. The molecule has 118 valence electrons. The van der Waals surface area contributed by atoms with Gasteiger partial charge in [-0.15, -0.1) is 0 Å². The summed E-state index contributed by atoms with van der Waals surface area (Å²) in [7, 11) is 0.